The average molecular weight is 131 g/mol. The van der Waals surface area contributed by atoms with Crippen LogP contribution in [-0.2, 0) is 0 Å². The first-order valence-corrected chi connectivity index (χ1v) is 3.15. The monoisotopic (exact) mass is 131 g/mol. The van der Waals surface area contributed by atoms with E-state index >= 15 is 0 Å². The molecule has 0 unspecified atom stereocenters. The van der Waals surface area contributed by atoms with Crippen LogP contribution in [0.1, 0.15) is 5.56 Å². The van der Waals surface area contributed by atoms with E-state index in [-0.39, 0.29) is 0 Å². The van der Waals surface area contributed by atoms with Gasteiger partial charge in [0.15, 0.2) is 0 Å². The predicted octanol–water partition coefficient (Wildman–Crippen LogP) is 2.35. The number of allylic oxidation sites excluding steroid dienone is 1. The van der Waals surface area contributed by atoms with E-state index in [1.165, 1.54) is 6.21 Å². The van der Waals surface area contributed by atoms with Crippen molar-refractivity contribution in [1.82, 2.24) is 0 Å². The van der Waals surface area contributed by atoms with Gasteiger partial charge in [0, 0.05) is 6.21 Å². The molecule has 1 N–H and O–H groups in total. The maximum atomic E-state index is 6.74. The van der Waals surface area contributed by atoms with E-state index in [1.54, 1.807) is 6.08 Å². The van der Waals surface area contributed by atoms with Gasteiger partial charge in [0.2, 0.25) is 0 Å². The molecule has 0 spiro atoms. The van der Waals surface area contributed by atoms with Crippen LogP contribution in [0.2, 0.25) is 0 Å². The van der Waals surface area contributed by atoms with Crippen LogP contribution in [0.4, 0.5) is 0 Å². The van der Waals surface area contributed by atoms with Gasteiger partial charge in [0.05, 0.1) is 0 Å². The molecule has 0 saturated carbocycles. The van der Waals surface area contributed by atoms with Gasteiger partial charge in [-0.25, -0.2) is 0 Å². The third-order valence-electron chi connectivity index (χ3n) is 1.18. The van der Waals surface area contributed by atoms with Gasteiger partial charge in [-0.1, -0.05) is 36.4 Å². The summed E-state index contributed by atoms with van der Waals surface area (Å²) in [7, 11) is 0. The predicted molar refractivity (Wildman–Crippen MR) is 44.3 cm³/mol. The molecule has 0 atom stereocenters. The molecule has 1 aromatic carbocycles. The first kappa shape index (κ1) is 6.75. The topological polar surface area (TPSA) is 23.9 Å². The summed E-state index contributed by atoms with van der Waals surface area (Å²) < 4.78 is 0. The lowest BCUT2D eigenvalue weighted by Gasteiger charge is -1.87. The molecule has 0 bridgehead atoms. The zero-order valence-electron chi connectivity index (χ0n) is 5.62. The van der Waals surface area contributed by atoms with Crippen LogP contribution in [0, 0.1) is 5.41 Å². The van der Waals surface area contributed by atoms with Crippen molar-refractivity contribution in [2.24, 2.45) is 0 Å². The molecule has 0 aliphatic rings. The van der Waals surface area contributed by atoms with Crippen LogP contribution in [0.5, 0.6) is 0 Å². The molecule has 1 rings (SSSR count). The third-order valence-corrected chi connectivity index (χ3v) is 1.18. The van der Waals surface area contributed by atoms with Gasteiger partial charge in [-0.05, 0) is 11.6 Å². The Morgan fingerprint density at radius 2 is 1.80 bits per heavy atom. The van der Waals surface area contributed by atoms with Gasteiger partial charge in [-0.15, -0.1) is 0 Å². The summed E-state index contributed by atoms with van der Waals surface area (Å²) in [6.07, 6.45) is 4.87. The molecule has 1 heteroatoms. The summed E-state index contributed by atoms with van der Waals surface area (Å²) >= 11 is 0. The summed E-state index contributed by atoms with van der Waals surface area (Å²) in [5.41, 5.74) is 1.13. The fraction of sp³-hybridized carbons (Fsp3) is 0. The largest absolute Gasteiger partial charge is 0.309 e. The maximum absolute atomic E-state index is 6.74. The molecular weight excluding hydrogens is 122 g/mol. The van der Waals surface area contributed by atoms with Crippen LogP contribution >= 0.6 is 0 Å². The Labute approximate surface area is 60.5 Å². The molecule has 0 fully saturated rings. The van der Waals surface area contributed by atoms with Crippen LogP contribution < -0.4 is 0 Å². The van der Waals surface area contributed by atoms with Gasteiger partial charge in [0.1, 0.15) is 0 Å². The van der Waals surface area contributed by atoms with Crippen molar-refractivity contribution in [1.29, 1.82) is 5.41 Å². The van der Waals surface area contributed by atoms with Crippen LogP contribution in [0.15, 0.2) is 36.4 Å². The van der Waals surface area contributed by atoms with Crippen molar-refractivity contribution < 1.29 is 0 Å². The summed E-state index contributed by atoms with van der Waals surface area (Å²) in [6, 6.07) is 9.93. The van der Waals surface area contributed by atoms with Crippen molar-refractivity contribution in [3.05, 3.63) is 42.0 Å². The quantitative estimate of drug-likeness (QED) is 0.596. The van der Waals surface area contributed by atoms with E-state index < -0.39 is 0 Å². The standard InChI is InChI=1S/C9H9N/c10-8-4-7-9-5-2-1-3-6-9/h1-8,10H/b7-4-,10-8?. The number of benzene rings is 1. The second-order valence-corrected chi connectivity index (χ2v) is 1.94. The van der Waals surface area contributed by atoms with E-state index in [4.69, 9.17) is 5.41 Å². The smallest absolute Gasteiger partial charge is 0.0177 e. The van der Waals surface area contributed by atoms with Gasteiger partial charge in [-0.3, -0.25) is 0 Å². The molecule has 0 aliphatic heterocycles. The molecule has 0 radical (unpaired) electrons. The van der Waals surface area contributed by atoms with Gasteiger partial charge in [0.25, 0.3) is 0 Å². The molecule has 0 saturated heterocycles. The van der Waals surface area contributed by atoms with Gasteiger partial charge in [-0.2, -0.15) is 0 Å². The Kier molecular flexibility index (Phi) is 2.44. The second-order valence-electron chi connectivity index (χ2n) is 1.94. The Bertz CT molecular complexity index is 224. The van der Waals surface area contributed by atoms with Crippen molar-refractivity contribution >= 4 is 12.3 Å². The maximum Gasteiger partial charge on any atom is 0.0177 e. The first-order chi connectivity index (χ1) is 4.93. The fourth-order valence-electron chi connectivity index (χ4n) is 0.723. The number of nitrogens with one attached hydrogen (secondary N) is 1. The average Bonchev–Trinajstić information content (AvgIpc) is 2.03. The third kappa shape index (κ3) is 1.86. The number of rotatable bonds is 2. The Hall–Kier alpha value is -1.37. The molecule has 10 heavy (non-hydrogen) atoms. The van der Waals surface area contributed by atoms with Gasteiger partial charge < -0.3 is 5.41 Å². The van der Waals surface area contributed by atoms with E-state index in [9.17, 15) is 0 Å². The van der Waals surface area contributed by atoms with Crippen LogP contribution in [-0.4, -0.2) is 6.21 Å². The van der Waals surface area contributed by atoms with Crippen LogP contribution in [0.25, 0.3) is 6.08 Å². The minimum Gasteiger partial charge on any atom is -0.309 e. The lowest BCUT2D eigenvalue weighted by Crippen LogP contribution is -1.67. The summed E-state index contributed by atoms with van der Waals surface area (Å²) in [5.74, 6) is 0. The number of hydrogen-bond acceptors (Lipinski definition) is 1. The van der Waals surface area contributed by atoms with Crippen molar-refractivity contribution in [3.8, 4) is 0 Å². The lowest BCUT2D eigenvalue weighted by molar-refractivity contribution is 1.58. The Morgan fingerprint density at radius 3 is 2.40 bits per heavy atom. The highest BCUT2D eigenvalue weighted by molar-refractivity contribution is 5.75. The molecule has 0 amide bonds. The molecule has 0 heterocycles. The number of hydrogen-bond donors (Lipinski definition) is 1. The van der Waals surface area contributed by atoms with E-state index in [0.717, 1.165) is 5.56 Å². The minimum absolute atomic E-state index is 1.13. The minimum atomic E-state index is 1.13. The molecule has 1 nitrogen and oxygen atoms in total. The van der Waals surface area contributed by atoms with Crippen LogP contribution in [0.3, 0.4) is 0 Å². The van der Waals surface area contributed by atoms with E-state index in [1.807, 2.05) is 36.4 Å². The molecule has 50 valence electrons. The Morgan fingerprint density at radius 1 is 1.10 bits per heavy atom. The van der Waals surface area contributed by atoms with Crippen molar-refractivity contribution in [2.75, 3.05) is 0 Å². The molecule has 0 aromatic heterocycles. The first-order valence-electron chi connectivity index (χ1n) is 3.15. The zero-order valence-corrected chi connectivity index (χ0v) is 5.62. The Balaban J connectivity index is 2.76. The van der Waals surface area contributed by atoms with E-state index in [0.29, 0.717) is 0 Å². The fourth-order valence-corrected chi connectivity index (χ4v) is 0.723. The highest BCUT2D eigenvalue weighted by Crippen LogP contribution is 1.99. The molecule has 0 aliphatic carbocycles. The zero-order chi connectivity index (χ0) is 7.23. The lowest BCUT2D eigenvalue weighted by atomic mass is 10.2. The normalized spacial score (nSPS) is 10.0. The van der Waals surface area contributed by atoms with Crippen molar-refractivity contribution in [2.45, 2.75) is 0 Å². The molecular formula is C9H9N. The highest BCUT2D eigenvalue weighted by Gasteiger charge is 1.78. The van der Waals surface area contributed by atoms with Gasteiger partial charge >= 0.3 is 0 Å². The molecule has 1 aromatic rings. The summed E-state index contributed by atoms with van der Waals surface area (Å²) in [5, 5.41) is 6.74. The summed E-state index contributed by atoms with van der Waals surface area (Å²) in [6.45, 7) is 0. The van der Waals surface area contributed by atoms with E-state index in [2.05, 4.69) is 0 Å². The second kappa shape index (κ2) is 3.62. The SMILES string of the molecule is N=C/C=C\c1ccccc1. The van der Waals surface area contributed by atoms with Crippen molar-refractivity contribution in [3.63, 3.8) is 0 Å². The summed E-state index contributed by atoms with van der Waals surface area (Å²) in [4.78, 5) is 0. The highest BCUT2D eigenvalue weighted by atomic mass is 14.3.